The molecular formula is C20H25NO5. The third-order valence-corrected chi connectivity index (χ3v) is 3.80. The zero-order valence-corrected chi connectivity index (χ0v) is 15.8. The van der Waals surface area contributed by atoms with Crippen molar-refractivity contribution in [1.82, 2.24) is 0 Å². The summed E-state index contributed by atoms with van der Waals surface area (Å²) in [7, 11) is 4.54. The van der Waals surface area contributed by atoms with Crippen LogP contribution in [-0.2, 0) is 0 Å². The van der Waals surface area contributed by atoms with Crippen LogP contribution in [0.3, 0.4) is 0 Å². The lowest BCUT2D eigenvalue weighted by Gasteiger charge is -2.16. The Bertz CT molecular complexity index is 773. The second-order valence-electron chi connectivity index (χ2n) is 5.71. The van der Waals surface area contributed by atoms with Crippen LogP contribution in [0.5, 0.6) is 23.0 Å². The van der Waals surface area contributed by atoms with E-state index in [1.165, 1.54) is 21.3 Å². The van der Waals surface area contributed by atoms with E-state index in [0.29, 0.717) is 40.9 Å². The van der Waals surface area contributed by atoms with Gasteiger partial charge < -0.3 is 24.3 Å². The molecule has 0 atom stereocenters. The molecular weight excluding hydrogens is 334 g/mol. The van der Waals surface area contributed by atoms with E-state index in [0.717, 1.165) is 12.0 Å². The molecule has 2 aromatic carbocycles. The number of aryl methyl sites for hydroxylation is 1. The minimum absolute atomic E-state index is 0.326. The fourth-order valence-corrected chi connectivity index (χ4v) is 2.46. The average molecular weight is 359 g/mol. The molecule has 0 fully saturated rings. The smallest absolute Gasteiger partial charge is 0.259 e. The van der Waals surface area contributed by atoms with Crippen molar-refractivity contribution in [3.63, 3.8) is 0 Å². The van der Waals surface area contributed by atoms with Gasteiger partial charge in [0.25, 0.3) is 5.91 Å². The first-order chi connectivity index (χ1) is 12.5. The van der Waals surface area contributed by atoms with Gasteiger partial charge in [0.2, 0.25) is 0 Å². The van der Waals surface area contributed by atoms with E-state index in [1.54, 1.807) is 12.1 Å². The minimum atomic E-state index is -0.326. The van der Waals surface area contributed by atoms with Crippen LogP contribution in [0, 0.1) is 6.92 Å². The number of benzene rings is 2. The van der Waals surface area contributed by atoms with Crippen molar-refractivity contribution in [2.75, 3.05) is 33.3 Å². The van der Waals surface area contributed by atoms with Crippen molar-refractivity contribution in [3.05, 3.63) is 41.5 Å². The van der Waals surface area contributed by atoms with Gasteiger partial charge in [-0.25, -0.2) is 0 Å². The SMILES string of the molecule is CCCOc1cc(C)ccc1NC(=O)c1cc(OC)c(OC)cc1OC. The zero-order valence-electron chi connectivity index (χ0n) is 15.8. The highest BCUT2D eigenvalue weighted by atomic mass is 16.5. The van der Waals surface area contributed by atoms with Gasteiger partial charge in [0, 0.05) is 12.1 Å². The van der Waals surface area contributed by atoms with E-state index >= 15 is 0 Å². The summed E-state index contributed by atoms with van der Waals surface area (Å²) in [6, 6.07) is 8.86. The lowest BCUT2D eigenvalue weighted by atomic mass is 10.1. The second-order valence-corrected chi connectivity index (χ2v) is 5.71. The molecule has 0 aliphatic carbocycles. The first-order valence-corrected chi connectivity index (χ1v) is 8.38. The van der Waals surface area contributed by atoms with Crippen LogP contribution >= 0.6 is 0 Å². The number of amides is 1. The van der Waals surface area contributed by atoms with E-state index in [4.69, 9.17) is 18.9 Å². The molecule has 0 heterocycles. The number of nitrogens with one attached hydrogen (secondary N) is 1. The predicted molar refractivity (Wildman–Crippen MR) is 101 cm³/mol. The topological polar surface area (TPSA) is 66.0 Å². The molecule has 6 nitrogen and oxygen atoms in total. The Balaban J connectivity index is 2.35. The molecule has 2 aromatic rings. The van der Waals surface area contributed by atoms with Gasteiger partial charge in [-0.3, -0.25) is 4.79 Å². The highest BCUT2D eigenvalue weighted by molar-refractivity contribution is 6.07. The van der Waals surface area contributed by atoms with E-state index in [9.17, 15) is 4.79 Å². The van der Waals surface area contributed by atoms with Crippen LogP contribution in [0.4, 0.5) is 5.69 Å². The Hall–Kier alpha value is -2.89. The highest BCUT2D eigenvalue weighted by Gasteiger charge is 2.19. The van der Waals surface area contributed by atoms with Gasteiger partial charge in [-0.1, -0.05) is 13.0 Å². The summed E-state index contributed by atoms with van der Waals surface area (Å²) in [6.45, 7) is 4.58. The maximum absolute atomic E-state index is 12.8. The molecule has 0 aliphatic heterocycles. The Morgan fingerprint density at radius 3 is 2.19 bits per heavy atom. The molecule has 0 radical (unpaired) electrons. The molecule has 0 spiro atoms. The summed E-state index contributed by atoms with van der Waals surface area (Å²) in [5, 5.41) is 2.89. The van der Waals surface area contributed by atoms with Crippen LogP contribution in [0.25, 0.3) is 0 Å². The summed E-state index contributed by atoms with van der Waals surface area (Å²) in [4.78, 5) is 12.8. The second kappa shape index (κ2) is 8.99. The molecule has 26 heavy (non-hydrogen) atoms. The standard InChI is InChI=1S/C20H25NO5/c1-6-9-26-17-10-13(2)7-8-15(17)21-20(22)14-11-18(24-4)19(25-5)12-16(14)23-3/h7-8,10-12H,6,9H2,1-5H3,(H,21,22). The number of methoxy groups -OCH3 is 3. The summed E-state index contributed by atoms with van der Waals surface area (Å²) in [6.07, 6.45) is 0.880. The molecule has 0 aliphatic rings. The van der Waals surface area contributed by atoms with Crippen molar-refractivity contribution in [2.24, 2.45) is 0 Å². The maximum Gasteiger partial charge on any atom is 0.259 e. The molecule has 0 saturated heterocycles. The van der Waals surface area contributed by atoms with Crippen molar-refractivity contribution >= 4 is 11.6 Å². The molecule has 6 heteroatoms. The van der Waals surface area contributed by atoms with Gasteiger partial charge >= 0.3 is 0 Å². The summed E-state index contributed by atoms with van der Waals surface area (Å²) < 4.78 is 21.6. The number of hydrogen-bond donors (Lipinski definition) is 1. The van der Waals surface area contributed by atoms with Crippen LogP contribution < -0.4 is 24.3 Å². The Kier molecular flexibility index (Phi) is 6.72. The van der Waals surface area contributed by atoms with Crippen LogP contribution in [0.1, 0.15) is 29.3 Å². The van der Waals surface area contributed by atoms with Gasteiger partial charge in [0.15, 0.2) is 11.5 Å². The lowest BCUT2D eigenvalue weighted by Crippen LogP contribution is -2.15. The first-order valence-electron chi connectivity index (χ1n) is 8.38. The third-order valence-electron chi connectivity index (χ3n) is 3.80. The number of carbonyl (C=O) groups is 1. The lowest BCUT2D eigenvalue weighted by molar-refractivity contribution is 0.102. The van der Waals surface area contributed by atoms with Crippen LogP contribution in [-0.4, -0.2) is 33.8 Å². The molecule has 1 amide bonds. The summed E-state index contributed by atoms with van der Waals surface area (Å²) in [5.41, 5.74) is 2.00. The van der Waals surface area contributed by atoms with Crippen molar-refractivity contribution < 1.29 is 23.7 Å². The number of hydrogen-bond acceptors (Lipinski definition) is 5. The molecule has 0 aromatic heterocycles. The monoisotopic (exact) mass is 359 g/mol. The Morgan fingerprint density at radius 1 is 0.923 bits per heavy atom. The zero-order chi connectivity index (χ0) is 19.1. The molecule has 0 unspecified atom stereocenters. The van der Waals surface area contributed by atoms with Gasteiger partial charge in [0.05, 0.1) is 39.2 Å². The maximum atomic E-state index is 12.8. The van der Waals surface area contributed by atoms with Crippen molar-refractivity contribution in [1.29, 1.82) is 0 Å². The van der Waals surface area contributed by atoms with Crippen LogP contribution in [0.15, 0.2) is 30.3 Å². The Morgan fingerprint density at radius 2 is 1.58 bits per heavy atom. The summed E-state index contributed by atoms with van der Waals surface area (Å²) >= 11 is 0. The molecule has 2 rings (SSSR count). The minimum Gasteiger partial charge on any atom is -0.496 e. The van der Waals surface area contributed by atoms with Gasteiger partial charge in [-0.05, 0) is 31.0 Å². The quantitative estimate of drug-likeness (QED) is 0.770. The van der Waals surface area contributed by atoms with Gasteiger partial charge in [-0.15, -0.1) is 0 Å². The van der Waals surface area contributed by atoms with E-state index < -0.39 is 0 Å². The van der Waals surface area contributed by atoms with Gasteiger partial charge in [-0.2, -0.15) is 0 Å². The van der Waals surface area contributed by atoms with Crippen molar-refractivity contribution in [3.8, 4) is 23.0 Å². The molecule has 1 N–H and O–H groups in total. The molecule has 0 saturated carbocycles. The van der Waals surface area contributed by atoms with E-state index in [2.05, 4.69) is 5.32 Å². The number of anilines is 1. The summed E-state index contributed by atoms with van der Waals surface area (Å²) in [5.74, 6) is 1.64. The largest absolute Gasteiger partial charge is 0.496 e. The number of rotatable bonds is 8. The Labute approximate surface area is 154 Å². The average Bonchev–Trinajstić information content (AvgIpc) is 2.66. The predicted octanol–water partition coefficient (Wildman–Crippen LogP) is 4.06. The highest BCUT2D eigenvalue weighted by Crippen LogP contribution is 2.35. The van der Waals surface area contributed by atoms with Crippen LogP contribution in [0.2, 0.25) is 0 Å². The fourth-order valence-electron chi connectivity index (χ4n) is 2.46. The molecule has 140 valence electrons. The number of carbonyl (C=O) groups excluding carboxylic acids is 1. The van der Waals surface area contributed by atoms with Gasteiger partial charge in [0.1, 0.15) is 11.5 Å². The third kappa shape index (κ3) is 4.39. The van der Waals surface area contributed by atoms with Crippen molar-refractivity contribution in [2.45, 2.75) is 20.3 Å². The fraction of sp³-hybridized carbons (Fsp3) is 0.350. The van der Waals surface area contributed by atoms with E-state index in [-0.39, 0.29) is 5.91 Å². The molecule has 0 bridgehead atoms. The normalized spacial score (nSPS) is 10.2. The first kappa shape index (κ1) is 19.4. The van der Waals surface area contributed by atoms with E-state index in [1.807, 2.05) is 32.0 Å². The number of ether oxygens (including phenoxy) is 4.